The van der Waals surface area contributed by atoms with Gasteiger partial charge in [-0.2, -0.15) is 0 Å². The van der Waals surface area contributed by atoms with Gasteiger partial charge in [-0.25, -0.2) is 0 Å². The zero-order valence-electron chi connectivity index (χ0n) is 8.61. The molecule has 1 saturated carbocycles. The maximum atomic E-state index is 11.0. The molecule has 0 radical (unpaired) electrons. The molecule has 15 heavy (non-hydrogen) atoms. The average molecular weight is 215 g/mol. The molecule has 5 nitrogen and oxygen atoms in total. The maximum Gasteiger partial charge on any atom is 0.312 e. The van der Waals surface area contributed by atoms with E-state index in [9.17, 15) is 14.7 Å². The summed E-state index contributed by atoms with van der Waals surface area (Å²) in [5.74, 6) is -1.53. The van der Waals surface area contributed by atoms with Gasteiger partial charge >= 0.3 is 5.97 Å². The summed E-state index contributed by atoms with van der Waals surface area (Å²) in [6, 6.07) is 0. The van der Waals surface area contributed by atoms with Crippen molar-refractivity contribution in [1.82, 2.24) is 5.32 Å². The second-order valence-electron chi connectivity index (χ2n) is 3.99. The highest BCUT2D eigenvalue weighted by Crippen LogP contribution is 2.23. The Labute approximate surface area is 88.5 Å². The maximum absolute atomic E-state index is 11.0. The number of hydrogen-bond acceptors (Lipinski definition) is 3. The van der Waals surface area contributed by atoms with E-state index >= 15 is 0 Å². The van der Waals surface area contributed by atoms with Gasteiger partial charge in [0.05, 0.1) is 6.10 Å². The SMILES string of the molecule is O=C(O)CC(=O)NCC1CCCCC1O. The standard InChI is InChI=1S/C10H17NO4/c12-8-4-2-1-3-7(8)6-11-9(13)5-10(14)15/h7-8,12H,1-6H2,(H,11,13)(H,14,15). The Morgan fingerprint density at radius 1 is 1.27 bits per heavy atom. The van der Waals surface area contributed by atoms with Crippen LogP contribution in [0.25, 0.3) is 0 Å². The van der Waals surface area contributed by atoms with Crippen LogP contribution in [0, 0.1) is 5.92 Å². The fourth-order valence-electron chi connectivity index (χ4n) is 1.87. The summed E-state index contributed by atoms with van der Waals surface area (Å²) in [6.07, 6.45) is 2.91. The number of aliphatic carboxylic acids is 1. The van der Waals surface area contributed by atoms with E-state index in [2.05, 4.69) is 5.32 Å². The van der Waals surface area contributed by atoms with Crippen LogP contribution >= 0.6 is 0 Å². The molecule has 0 saturated heterocycles. The zero-order valence-corrected chi connectivity index (χ0v) is 8.61. The van der Waals surface area contributed by atoms with Crippen molar-refractivity contribution in [2.24, 2.45) is 5.92 Å². The molecule has 0 aromatic heterocycles. The minimum Gasteiger partial charge on any atom is -0.481 e. The first-order chi connectivity index (χ1) is 7.09. The molecular weight excluding hydrogens is 198 g/mol. The van der Waals surface area contributed by atoms with Crippen LogP contribution in [0.2, 0.25) is 0 Å². The molecule has 2 atom stereocenters. The van der Waals surface area contributed by atoms with Crippen molar-refractivity contribution >= 4 is 11.9 Å². The van der Waals surface area contributed by atoms with Crippen LogP contribution in [0.1, 0.15) is 32.1 Å². The summed E-state index contributed by atoms with van der Waals surface area (Å²) in [6.45, 7) is 0.382. The lowest BCUT2D eigenvalue weighted by atomic mass is 9.86. The van der Waals surface area contributed by atoms with E-state index < -0.39 is 18.3 Å². The molecule has 2 unspecified atom stereocenters. The number of amides is 1. The van der Waals surface area contributed by atoms with E-state index in [-0.39, 0.29) is 12.0 Å². The zero-order chi connectivity index (χ0) is 11.3. The van der Waals surface area contributed by atoms with Gasteiger partial charge in [-0.05, 0) is 12.8 Å². The van der Waals surface area contributed by atoms with Gasteiger partial charge < -0.3 is 15.5 Å². The molecule has 0 spiro atoms. The number of carboxylic acid groups (broad SMARTS) is 1. The molecule has 0 aromatic carbocycles. The van der Waals surface area contributed by atoms with Crippen molar-refractivity contribution in [2.45, 2.75) is 38.2 Å². The van der Waals surface area contributed by atoms with E-state index in [1.54, 1.807) is 0 Å². The first kappa shape index (κ1) is 12.0. The van der Waals surface area contributed by atoms with Gasteiger partial charge in [-0.15, -0.1) is 0 Å². The Kier molecular flexibility index (Phi) is 4.55. The van der Waals surface area contributed by atoms with Gasteiger partial charge in [0.2, 0.25) is 5.91 Å². The normalized spacial score (nSPS) is 25.9. The number of aliphatic hydroxyl groups is 1. The third-order valence-electron chi connectivity index (χ3n) is 2.74. The van der Waals surface area contributed by atoms with E-state index in [0.717, 1.165) is 25.7 Å². The predicted octanol–water partition coefficient (Wildman–Crippen LogP) is 0.128. The Balaban J connectivity index is 2.23. The summed E-state index contributed by atoms with van der Waals surface area (Å²) in [7, 11) is 0. The highest BCUT2D eigenvalue weighted by molar-refractivity contribution is 5.93. The van der Waals surface area contributed by atoms with Gasteiger partial charge in [-0.1, -0.05) is 12.8 Å². The summed E-state index contributed by atoms with van der Waals surface area (Å²) < 4.78 is 0. The number of rotatable bonds is 4. The third-order valence-corrected chi connectivity index (χ3v) is 2.74. The second kappa shape index (κ2) is 5.70. The Morgan fingerprint density at radius 2 is 1.93 bits per heavy atom. The number of carbonyl (C=O) groups is 2. The van der Waals surface area contributed by atoms with Crippen molar-refractivity contribution in [3.8, 4) is 0 Å². The molecular formula is C10H17NO4. The van der Waals surface area contributed by atoms with Crippen LogP contribution in [0.3, 0.4) is 0 Å². The van der Waals surface area contributed by atoms with E-state index in [0.29, 0.717) is 6.54 Å². The predicted molar refractivity (Wildman–Crippen MR) is 53.2 cm³/mol. The minimum atomic E-state index is -1.13. The van der Waals surface area contributed by atoms with Gasteiger partial charge in [-0.3, -0.25) is 9.59 Å². The molecule has 3 N–H and O–H groups in total. The first-order valence-electron chi connectivity index (χ1n) is 5.26. The Hall–Kier alpha value is -1.10. The average Bonchev–Trinajstić information content (AvgIpc) is 2.15. The molecule has 1 amide bonds. The highest BCUT2D eigenvalue weighted by atomic mass is 16.4. The van der Waals surface area contributed by atoms with Crippen molar-refractivity contribution in [3.05, 3.63) is 0 Å². The summed E-state index contributed by atoms with van der Waals surface area (Å²) in [5, 5.41) is 20.5. The Morgan fingerprint density at radius 3 is 2.53 bits per heavy atom. The number of aliphatic hydroxyl groups excluding tert-OH is 1. The van der Waals surface area contributed by atoms with E-state index in [1.807, 2.05) is 0 Å². The molecule has 0 aromatic rings. The molecule has 0 heterocycles. The van der Waals surface area contributed by atoms with Crippen molar-refractivity contribution in [3.63, 3.8) is 0 Å². The molecule has 0 aliphatic heterocycles. The lowest BCUT2D eigenvalue weighted by molar-refractivity contribution is -0.140. The lowest BCUT2D eigenvalue weighted by Crippen LogP contribution is -2.37. The monoisotopic (exact) mass is 215 g/mol. The van der Waals surface area contributed by atoms with Gasteiger partial charge in [0.15, 0.2) is 0 Å². The van der Waals surface area contributed by atoms with Crippen molar-refractivity contribution in [1.29, 1.82) is 0 Å². The number of hydrogen-bond donors (Lipinski definition) is 3. The fraction of sp³-hybridized carbons (Fsp3) is 0.800. The molecule has 1 aliphatic carbocycles. The summed E-state index contributed by atoms with van der Waals surface area (Å²) in [4.78, 5) is 21.2. The number of carboxylic acids is 1. The van der Waals surface area contributed by atoms with Crippen molar-refractivity contribution < 1.29 is 19.8 Å². The second-order valence-corrected chi connectivity index (χ2v) is 3.99. The smallest absolute Gasteiger partial charge is 0.312 e. The van der Waals surface area contributed by atoms with E-state index in [1.165, 1.54) is 0 Å². The van der Waals surface area contributed by atoms with Crippen LogP contribution < -0.4 is 5.32 Å². The largest absolute Gasteiger partial charge is 0.481 e. The third kappa shape index (κ3) is 4.29. The minimum absolute atomic E-state index is 0.0801. The van der Waals surface area contributed by atoms with E-state index in [4.69, 9.17) is 5.11 Å². The molecule has 1 rings (SSSR count). The fourth-order valence-corrected chi connectivity index (χ4v) is 1.87. The number of nitrogens with one attached hydrogen (secondary N) is 1. The highest BCUT2D eigenvalue weighted by Gasteiger charge is 2.23. The number of carbonyl (C=O) groups excluding carboxylic acids is 1. The molecule has 5 heteroatoms. The lowest BCUT2D eigenvalue weighted by Gasteiger charge is -2.27. The Bertz CT molecular complexity index is 242. The molecule has 1 fully saturated rings. The van der Waals surface area contributed by atoms with Crippen molar-refractivity contribution in [2.75, 3.05) is 6.54 Å². The molecule has 1 aliphatic rings. The topological polar surface area (TPSA) is 86.6 Å². The van der Waals surface area contributed by atoms with Gasteiger partial charge in [0, 0.05) is 12.5 Å². The quantitative estimate of drug-likeness (QED) is 0.582. The van der Waals surface area contributed by atoms with Crippen LogP contribution in [-0.4, -0.2) is 34.7 Å². The molecule has 86 valence electrons. The van der Waals surface area contributed by atoms with Crippen LogP contribution in [0.15, 0.2) is 0 Å². The van der Waals surface area contributed by atoms with Crippen LogP contribution in [0.4, 0.5) is 0 Å². The van der Waals surface area contributed by atoms with Crippen LogP contribution in [-0.2, 0) is 9.59 Å². The van der Waals surface area contributed by atoms with Gasteiger partial charge in [0.1, 0.15) is 6.42 Å². The van der Waals surface area contributed by atoms with Gasteiger partial charge in [0.25, 0.3) is 0 Å². The summed E-state index contributed by atoms with van der Waals surface area (Å²) >= 11 is 0. The molecule has 0 bridgehead atoms. The first-order valence-corrected chi connectivity index (χ1v) is 5.26. The summed E-state index contributed by atoms with van der Waals surface area (Å²) in [5.41, 5.74) is 0. The van der Waals surface area contributed by atoms with Crippen LogP contribution in [0.5, 0.6) is 0 Å².